The average Bonchev–Trinajstić information content (AvgIpc) is 3.54. The molecule has 6 heteroatoms. The van der Waals surface area contributed by atoms with Gasteiger partial charge < -0.3 is 4.90 Å². The fourth-order valence-electron chi connectivity index (χ4n) is 4.40. The highest BCUT2D eigenvalue weighted by Crippen LogP contribution is 2.35. The van der Waals surface area contributed by atoms with Crippen LogP contribution in [-0.4, -0.2) is 56.3 Å². The van der Waals surface area contributed by atoms with E-state index < -0.39 is 0 Å². The van der Waals surface area contributed by atoms with Crippen LogP contribution in [-0.2, 0) is 11.3 Å². The van der Waals surface area contributed by atoms with Gasteiger partial charge in [-0.3, -0.25) is 14.7 Å². The van der Waals surface area contributed by atoms with Gasteiger partial charge in [0.05, 0.1) is 5.92 Å². The van der Waals surface area contributed by atoms with Gasteiger partial charge in [0.2, 0.25) is 5.91 Å². The minimum atomic E-state index is 0.163. The average molecular weight is 363 g/mol. The van der Waals surface area contributed by atoms with E-state index in [0.29, 0.717) is 17.8 Å². The Bertz CT molecular complexity index is 805. The number of pyridine rings is 1. The van der Waals surface area contributed by atoms with Crippen LogP contribution in [0.5, 0.6) is 0 Å². The topological polar surface area (TPSA) is 62.2 Å². The van der Waals surface area contributed by atoms with Gasteiger partial charge >= 0.3 is 0 Å². The van der Waals surface area contributed by atoms with E-state index in [0.717, 1.165) is 56.2 Å². The first-order valence-corrected chi connectivity index (χ1v) is 10.0. The maximum atomic E-state index is 12.8. The summed E-state index contributed by atoms with van der Waals surface area (Å²) in [6.07, 6.45) is 10.3. The van der Waals surface area contributed by atoms with Crippen molar-refractivity contribution in [1.29, 1.82) is 0 Å². The maximum Gasteiger partial charge on any atom is 0.227 e. The highest BCUT2D eigenvalue weighted by molar-refractivity contribution is 5.80. The molecule has 4 fully saturated rings. The molecule has 3 saturated heterocycles. The third-order valence-electron chi connectivity index (χ3n) is 6.03. The molecule has 2 atom stereocenters. The quantitative estimate of drug-likeness (QED) is 0.816. The largest absolute Gasteiger partial charge is 0.338 e. The third-order valence-corrected chi connectivity index (χ3v) is 6.03. The van der Waals surface area contributed by atoms with Crippen LogP contribution in [0.15, 0.2) is 36.8 Å². The molecule has 0 aromatic carbocycles. The van der Waals surface area contributed by atoms with Crippen molar-refractivity contribution in [3.8, 4) is 11.5 Å². The molecule has 1 aliphatic carbocycles. The number of aromatic nitrogens is 3. The molecule has 5 heterocycles. The fourth-order valence-corrected chi connectivity index (χ4v) is 4.40. The fraction of sp³-hybridized carbons (Fsp3) is 0.524. The predicted molar refractivity (Wildman–Crippen MR) is 101 cm³/mol. The van der Waals surface area contributed by atoms with Crippen LogP contribution in [0.4, 0.5) is 0 Å². The molecule has 27 heavy (non-hydrogen) atoms. The number of nitrogens with zero attached hydrogens (tertiary/aromatic N) is 5. The summed E-state index contributed by atoms with van der Waals surface area (Å²) in [7, 11) is 0. The second kappa shape index (κ2) is 7.00. The molecule has 2 bridgehead atoms. The first kappa shape index (κ1) is 16.8. The lowest BCUT2D eigenvalue weighted by atomic mass is 9.94. The van der Waals surface area contributed by atoms with Gasteiger partial charge in [0.15, 0.2) is 5.82 Å². The summed E-state index contributed by atoms with van der Waals surface area (Å²) in [6, 6.07) is 6.13. The third kappa shape index (κ3) is 3.58. The van der Waals surface area contributed by atoms with Crippen molar-refractivity contribution in [3.63, 3.8) is 0 Å². The lowest BCUT2D eigenvalue weighted by Gasteiger charge is -2.36. The summed E-state index contributed by atoms with van der Waals surface area (Å²) in [4.78, 5) is 30.7. The van der Waals surface area contributed by atoms with Crippen molar-refractivity contribution in [2.75, 3.05) is 19.6 Å². The van der Waals surface area contributed by atoms with Gasteiger partial charge in [0, 0.05) is 56.4 Å². The first-order chi connectivity index (χ1) is 13.3. The molecule has 2 aromatic heterocycles. The Morgan fingerprint density at radius 3 is 2.59 bits per heavy atom. The number of carbonyl (C=O) groups excluding carboxylic acids is 1. The Morgan fingerprint density at radius 2 is 1.85 bits per heavy atom. The van der Waals surface area contributed by atoms with E-state index in [1.807, 2.05) is 30.6 Å². The van der Waals surface area contributed by atoms with Crippen molar-refractivity contribution in [1.82, 2.24) is 24.8 Å². The molecule has 4 aliphatic rings. The molecule has 140 valence electrons. The molecular weight excluding hydrogens is 338 g/mol. The monoisotopic (exact) mass is 363 g/mol. The van der Waals surface area contributed by atoms with Crippen LogP contribution < -0.4 is 0 Å². The molecule has 1 amide bonds. The van der Waals surface area contributed by atoms with Gasteiger partial charge in [0.25, 0.3) is 0 Å². The van der Waals surface area contributed by atoms with E-state index in [4.69, 9.17) is 0 Å². The van der Waals surface area contributed by atoms with E-state index in [9.17, 15) is 4.79 Å². The standard InChI is InChI=1S/C21H25N5O/c27-21-17-6-7-18(26(21)12-15-4-5-15)14-25(13-17)11-16-9-23-20(24-10-16)19-3-1-2-8-22-19/h1-3,8-10,15,17-18H,4-7,11-14H2/t17-,18+/m0/s1. The normalized spacial score (nSPS) is 25.6. The molecule has 1 saturated carbocycles. The van der Waals surface area contributed by atoms with Crippen molar-refractivity contribution in [2.24, 2.45) is 11.8 Å². The summed E-state index contributed by atoms with van der Waals surface area (Å²) in [5, 5.41) is 0. The lowest BCUT2D eigenvalue weighted by Crippen LogP contribution is -2.48. The second-order valence-electron chi connectivity index (χ2n) is 8.19. The molecule has 6 nitrogen and oxygen atoms in total. The number of amides is 1. The number of piperidine rings is 1. The van der Waals surface area contributed by atoms with Crippen LogP contribution >= 0.6 is 0 Å². The van der Waals surface area contributed by atoms with Crippen LogP contribution in [0.3, 0.4) is 0 Å². The molecule has 3 aliphatic heterocycles. The van der Waals surface area contributed by atoms with Gasteiger partial charge in [-0.2, -0.15) is 0 Å². The van der Waals surface area contributed by atoms with E-state index in [1.54, 1.807) is 6.20 Å². The van der Waals surface area contributed by atoms with Crippen molar-refractivity contribution in [2.45, 2.75) is 38.3 Å². The minimum Gasteiger partial charge on any atom is -0.338 e. The molecule has 0 unspecified atom stereocenters. The van der Waals surface area contributed by atoms with Gasteiger partial charge in [-0.1, -0.05) is 6.07 Å². The van der Waals surface area contributed by atoms with E-state index in [-0.39, 0.29) is 5.92 Å². The van der Waals surface area contributed by atoms with Gasteiger partial charge in [0.1, 0.15) is 5.69 Å². The zero-order chi connectivity index (χ0) is 18.2. The zero-order valence-electron chi connectivity index (χ0n) is 15.5. The van der Waals surface area contributed by atoms with E-state index in [1.165, 1.54) is 12.8 Å². The predicted octanol–water partition coefficient (Wildman–Crippen LogP) is 2.37. The molecule has 0 radical (unpaired) electrons. The van der Waals surface area contributed by atoms with E-state index in [2.05, 4.69) is 24.8 Å². The van der Waals surface area contributed by atoms with Crippen molar-refractivity contribution in [3.05, 3.63) is 42.4 Å². The van der Waals surface area contributed by atoms with Crippen LogP contribution in [0, 0.1) is 11.8 Å². The lowest BCUT2D eigenvalue weighted by molar-refractivity contribution is -0.140. The molecule has 2 aromatic rings. The van der Waals surface area contributed by atoms with E-state index >= 15 is 0 Å². The molecule has 0 spiro atoms. The number of fused-ring (bicyclic) bond motifs is 4. The van der Waals surface area contributed by atoms with Crippen LogP contribution in [0.25, 0.3) is 11.5 Å². The second-order valence-corrected chi connectivity index (χ2v) is 8.19. The zero-order valence-corrected chi connectivity index (χ0v) is 15.5. The SMILES string of the molecule is O=C1[C@H]2CC[C@H](CN(Cc3cnc(-c4ccccn4)nc3)C2)N1CC1CC1. The van der Waals surface area contributed by atoms with Crippen molar-refractivity contribution < 1.29 is 4.79 Å². The summed E-state index contributed by atoms with van der Waals surface area (Å²) in [6.45, 7) is 3.62. The van der Waals surface area contributed by atoms with Gasteiger partial charge in [-0.15, -0.1) is 0 Å². The summed E-state index contributed by atoms with van der Waals surface area (Å²) in [5.74, 6) is 1.97. The molecule has 0 N–H and O–H groups in total. The minimum absolute atomic E-state index is 0.163. The number of carbonyl (C=O) groups is 1. The molecular formula is C21H25N5O. The maximum absolute atomic E-state index is 12.8. The van der Waals surface area contributed by atoms with Crippen molar-refractivity contribution >= 4 is 5.91 Å². The Labute approximate surface area is 159 Å². The summed E-state index contributed by atoms with van der Waals surface area (Å²) >= 11 is 0. The first-order valence-electron chi connectivity index (χ1n) is 10.0. The smallest absolute Gasteiger partial charge is 0.227 e. The van der Waals surface area contributed by atoms with Crippen LogP contribution in [0.2, 0.25) is 0 Å². The van der Waals surface area contributed by atoms with Crippen LogP contribution in [0.1, 0.15) is 31.2 Å². The highest BCUT2D eigenvalue weighted by Gasteiger charge is 2.42. The molecule has 6 rings (SSSR count). The summed E-state index contributed by atoms with van der Waals surface area (Å²) < 4.78 is 0. The Hall–Kier alpha value is -2.34. The van der Waals surface area contributed by atoms with Gasteiger partial charge in [-0.25, -0.2) is 9.97 Å². The Balaban J connectivity index is 1.28. The van der Waals surface area contributed by atoms with Gasteiger partial charge in [-0.05, 0) is 43.7 Å². The Kier molecular flexibility index (Phi) is 4.36. The number of hydrogen-bond acceptors (Lipinski definition) is 5. The highest BCUT2D eigenvalue weighted by atomic mass is 16.2. The Morgan fingerprint density at radius 1 is 1.00 bits per heavy atom. The number of hydrogen-bond donors (Lipinski definition) is 0. The number of rotatable bonds is 5. The summed E-state index contributed by atoms with van der Waals surface area (Å²) in [5.41, 5.74) is 1.88.